The largest absolute Gasteiger partial charge is 0.381 e. The lowest BCUT2D eigenvalue weighted by Gasteiger charge is -2.35. The van der Waals surface area contributed by atoms with Gasteiger partial charge in [-0.25, -0.2) is 9.98 Å². The molecule has 2 aliphatic heterocycles. The van der Waals surface area contributed by atoms with Crippen molar-refractivity contribution in [3.8, 4) is 0 Å². The number of nitrogens with one attached hydrogen (secondary N) is 2. The monoisotopic (exact) mass is 603 g/mol. The number of likely N-dealkylation sites (N-methyl/N-ethyl adjacent to an activating group) is 1. The fraction of sp³-hybridized carbons (Fsp3) is 0.485. The first-order valence-electron chi connectivity index (χ1n) is 15.3. The van der Waals surface area contributed by atoms with E-state index in [1.54, 1.807) is 19.9 Å². The van der Waals surface area contributed by atoms with Gasteiger partial charge in [-0.2, -0.15) is 0 Å². The summed E-state index contributed by atoms with van der Waals surface area (Å²) in [4.78, 5) is 57.1. The van der Waals surface area contributed by atoms with Gasteiger partial charge in [-0.15, -0.1) is 0 Å². The summed E-state index contributed by atoms with van der Waals surface area (Å²) in [6.07, 6.45) is 5.70. The van der Waals surface area contributed by atoms with E-state index in [9.17, 15) is 14.4 Å². The molecule has 2 N–H and O–H groups in total. The molecule has 3 heterocycles. The maximum absolute atomic E-state index is 13.6. The highest BCUT2D eigenvalue weighted by molar-refractivity contribution is 5.99. The second-order valence-corrected chi connectivity index (χ2v) is 11.5. The van der Waals surface area contributed by atoms with Crippen LogP contribution in [0.5, 0.6) is 0 Å². The van der Waals surface area contributed by atoms with Crippen molar-refractivity contribution < 1.29 is 14.3 Å². The van der Waals surface area contributed by atoms with Gasteiger partial charge >= 0.3 is 0 Å². The van der Waals surface area contributed by atoms with Crippen molar-refractivity contribution in [1.82, 2.24) is 25.1 Å². The van der Waals surface area contributed by atoms with Gasteiger partial charge in [-0.05, 0) is 82.8 Å². The predicted molar refractivity (Wildman–Crippen MR) is 174 cm³/mol. The zero-order valence-corrected chi connectivity index (χ0v) is 26.6. The number of amides is 2. The zero-order valence-electron chi connectivity index (χ0n) is 26.6. The van der Waals surface area contributed by atoms with Gasteiger partial charge in [0.15, 0.2) is 0 Å². The SMILES string of the molecule is C=N/C(=C\C=C(/C)c1cc(C(=O)NCc2c(C)nc(C)[nH]c2=O)cc(N(C(=O)CC)C2CCOCC2)c1)N1CCN(C)CC1. The number of carbonyl (C=O) groups is 2. The molecule has 0 aliphatic carbocycles. The van der Waals surface area contributed by atoms with Gasteiger partial charge in [0.25, 0.3) is 11.5 Å². The highest BCUT2D eigenvalue weighted by Gasteiger charge is 2.27. The van der Waals surface area contributed by atoms with E-state index < -0.39 is 0 Å². The van der Waals surface area contributed by atoms with Crippen LogP contribution in [-0.2, 0) is 16.1 Å². The van der Waals surface area contributed by atoms with Crippen molar-refractivity contribution >= 4 is 29.8 Å². The minimum Gasteiger partial charge on any atom is -0.381 e. The second kappa shape index (κ2) is 15.1. The second-order valence-electron chi connectivity index (χ2n) is 11.5. The Morgan fingerprint density at radius 1 is 1.14 bits per heavy atom. The third-order valence-corrected chi connectivity index (χ3v) is 8.28. The molecule has 0 unspecified atom stereocenters. The molecule has 2 saturated heterocycles. The summed E-state index contributed by atoms with van der Waals surface area (Å²) in [5.41, 5.74) is 3.46. The van der Waals surface area contributed by atoms with Crippen molar-refractivity contribution in [2.24, 2.45) is 4.99 Å². The predicted octanol–water partition coefficient (Wildman–Crippen LogP) is 3.43. The first kappa shape index (κ1) is 32.8. The summed E-state index contributed by atoms with van der Waals surface area (Å²) in [5, 5.41) is 2.89. The Balaban J connectivity index is 1.71. The first-order valence-corrected chi connectivity index (χ1v) is 15.3. The molecular formula is C33H45N7O4. The summed E-state index contributed by atoms with van der Waals surface area (Å²) in [7, 11) is 2.11. The van der Waals surface area contributed by atoms with E-state index >= 15 is 0 Å². The third kappa shape index (κ3) is 8.09. The van der Waals surface area contributed by atoms with E-state index in [2.05, 4.69) is 43.8 Å². The fourth-order valence-electron chi connectivity index (χ4n) is 5.60. The van der Waals surface area contributed by atoms with Crippen LogP contribution in [-0.4, -0.2) is 90.8 Å². The average molecular weight is 604 g/mol. The topological polar surface area (TPSA) is 123 Å². The Morgan fingerprint density at radius 2 is 1.82 bits per heavy atom. The maximum Gasteiger partial charge on any atom is 0.256 e. The number of hydrogen-bond donors (Lipinski definition) is 2. The molecule has 1 aromatic carbocycles. The third-order valence-electron chi connectivity index (χ3n) is 8.28. The molecule has 0 atom stereocenters. The molecule has 0 radical (unpaired) electrons. The smallest absolute Gasteiger partial charge is 0.256 e. The fourth-order valence-corrected chi connectivity index (χ4v) is 5.60. The lowest BCUT2D eigenvalue weighted by molar-refractivity contribution is -0.119. The van der Waals surface area contributed by atoms with Gasteiger partial charge in [0.2, 0.25) is 5.91 Å². The quantitative estimate of drug-likeness (QED) is 0.315. The highest BCUT2D eigenvalue weighted by atomic mass is 16.5. The average Bonchev–Trinajstić information content (AvgIpc) is 3.01. The number of rotatable bonds is 10. The number of allylic oxidation sites excluding steroid dienone is 3. The summed E-state index contributed by atoms with van der Waals surface area (Å²) in [6, 6.07) is 5.52. The number of carbonyl (C=O) groups excluding carboxylic acids is 2. The van der Waals surface area contributed by atoms with Crippen LogP contribution >= 0.6 is 0 Å². The van der Waals surface area contributed by atoms with E-state index in [4.69, 9.17) is 4.74 Å². The maximum atomic E-state index is 13.6. The minimum atomic E-state index is -0.349. The Labute approximate surface area is 259 Å². The van der Waals surface area contributed by atoms with Gasteiger partial charge in [-0.1, -0.05) is 13.0 Å². The molecule has 44 heavy (non-hydrogen) atoms. The summed E-state index contributed by atoms with van der Waals surface area (Å²) in [5.74, 6) is 0.955. The molecule has 0 saturated carbocycles. The molecule has 2 amide bonds. The van der Waals surface area contributed by atoms with Crippen LogP contribution in [0.15, 0.2) is 46.0 Å². The number of nitrogens with zero attached hydrogens (tertiary/aromatic N) is 5. The number of piperazine rings is 1. The number of benzene rings is 1. The van der Waals surface area contributed by atoms with Crippen molar-refractivity contribution in [2.45, 2.75) is 59.5 Å². The van der Waals surface area contributed by atoms with Crippen molar-refractivity contribution in [2.75, 3.05) is 51.3 Å². The molecule has 4 rings (SSSR count). The molecular weight excluding hydrogens is 558 g/mol. The number of aromatic nitrogens is 2. The number of aryl methyl sites for hydroxylation is 2. The van der Waals surface area contributed by atoms with E-state index in [1.165, 1.54) is 0 Å². The normalized spacial score (nSPS) is 17.0. The number of anilines is 1. The van der Waals surface area contributed by atoms with Crippen molar-refractivity contribution in [3.63, 3.8) is 0 Å². The summed E-state index contributed by atoms with van der Waals surface area (Å²) >= 11 is 0. The van der Waals surface area contributed by atoms with E-state index in [1.807, 2.05) is 43.0 Å². The van der Waals surface area contributed by atoms with Crippen LogP contribution in [0.2, 0.25) is 0 Å². The minimum absolute atomic E-state index is 0.0111. The first-order chi connectivity index (χ1) is 21.1. The molecule has 0 spiro atoms. The zero-order chi connectivity index (χ0) is 31.8. The number of aromatic amines is 1. The van der Waals surface area contributed by atoms with E-state index in [-0.39, 0.29) is 30.0 Å². The summed E-state index contributed by atoms with van der Waals surface area (Å²) in [6.45, 7) is 15.9. The van der Waals surface area contributed by atoms with Crippen LogP contribution in [0, 0.1) is 13.8 Å². The molecule has 11 nitrogen and oxygen atoms in total. The number of ether oxygens (including phenoxy) is 1. The van der Waals surface area contributed by atoms with E-state index in [0.717, 1.165) is 56.0 Å². The molecule has 2 aliphatic rings. The van der Waals surface area contributed by atoms with Crippen LogP contribution in [0.3, 0.4) is 0 Å². The van der Waals surface area contributed by atoms with Crippen LogP contribution in [0.4, 0.5) is 5.69 Å². The molecule has 2 aromatic rings. The van der Waals surface area contributed by atoms with Crippen molar-refractivity contribution in [3.05, 3.63) is 74.7 Å². The Kier molecular flexibility index (Phi) is 11.2. The molecule has 1 aromatic heterocycles. The standard InChI is InChI=1S/C33H45N7O4/c1-7-31(41)40(27-10-16-44-17-11-27)28-19-25(22(2)8-9-30(34-5)39-14-12-38(6)13-15-39)18-26(20-28)32(42)35-21-29-23(3)36-24(4)37-33(29)43/h8-9,18-20,27H,5,7,10-17,21H2,1-4,6H3,(H,35,42)(H,36,37,43)/b22-8+,30-9+. The molecule has 0 bridgehead atoms. The van der Waals surface area contributed by atoms with Gasteiger partial charge in [-0.3, -0.25) is 14.4 Å². The summed E-state index contributed by atoms with van der Waals surface area (Å²) < 4.78 is 5.57. The molecule has 11 heteroatoms. The van der Waals surface area contributed by atoms with Crippen LogP contribution in [0.25, 0.3) is 5.57 Å². The lowest BCUT2D eigenvalue weighted by atomic mass is 9.99. The van der Waals surface area contributed by atoms with Crippen molar-refractivity contribution in [1.29, 1.82) is 0 Å². The Morgan fingerprint density at radius 3 is 2.45 bits per heavy atom. The Bertz CT molecular complexity index is 1480. The number of aliphatic imine (C=N–C) groups is 1. The van der Waals surface area contributed by atoms with Crippen LogP contribution in [0.1, 0.15) is 66.1 Å². The Hall–Kier alpha value is -4.09. The number of H-pyrrole nitrogens is 1. The number of hydrogen-bond acceptors (Lipinski definition) is 8. The van der Waals surface area contributed by atoms with E-state index in [0.29, 0.717) is 48.0 Å². The molecule has 2 fully saturated rings. The van der Waals surface area contributed by atoms with Gasteiger partial charge < -0.3 is 29.7 Å². The molecule has 236 valence electrons. The van der Waals surface area contributed by atoms with Crippen LogP contribution < -0.4 is 15.8 Å². The van der Waals surface area contributed by atoms with Gasteiger partial charge in [0.1, 0.15) is 11.6 Å². The van der Waals surface area contributed by atoms with Gasteiger partial charge in [0.05, 0.1) is 12.1 Å². The highest BCUT2D eigenvalue weighted by Crippen LogP contribution is 2.29. The van der Waals surface area contributed by atoms with Gasteiger partial charge in [0, 0.05) is 68.8 Å². The lowest BCUT2D eigenvalue weighted by Crippen LogP contribution is -2.43.